The number of nitrogens with one attached hydrogen (secondary N) is 1. The zero-order valence-corrected chi connectivity index (χ0v) is 19.0. The lowest BCUT2D eigenvalue weighted by Crippen LogP contribution is -2.37. The summed E-state index contributed by atoms with van der Waals surface area (Å²) in [6.07, 6.45) is 1.67. The van der Waals surface area contributed by atoms with Gasteiger partial charge in [0.2, 0.25) is 5.91 Å². The van der Waals surface area contributed by atoms with E-state index in [2.05, 4.69) is 5.32 Å². The number of methoxy groups -OCH3 is 1. The highest BCUT2D eigenvalue weighted by atomic mass is 32.2. The third-order valence-corrected chi connectivity index (χ3v) is 7.86. The number of aryl methyl sites for hydroxylation is 2. The average Bonchev–Trinajstić information content (AvgIpc) is 3.01. The van der Waals surface area contributed by atoms with E-state index in [-0.39, 0.29) is 29.1 Å². The topological polar surface area (TPSA) is 112 Å². The van der Waals surface area contributed by atoms with E-state index < -0.39 is 27.4 Å². The first-order chi connectivity index (χ1) is 14.5. The van der Waals surface area contributed by atoms with Gasteiger partial charge in [0.1, 0.15) is 22.7 Å². The molecule has 1 saturated heterocycles. The van der Waals surface area contributed by atoms with Crippen LogP contribution in [0.5, 0.6) is 11.5 Å². The van der Waals surface area contributed by atoms with E-state index in [0.717, 1.165) is 12.0 Å². The molecular formula is C22H27NO7S. The first kappa shape index (κ1) is 21.7. The Hall–Kier alpha value is -2.55. The van der Waals surface area contributed by atoms with Gasteiger partial charge in [-0.2, -0.15) is 0 Å². The number of ether oxygens (including phenoxy) is 2. The number of carbonyl (C=O) groups excluding carboxylic acids is 1. The maximum Gasteiger partial charge on any atom is 0.340 e. The highest BCUT2D eigenvalue weighted by Gasteiger charge is 2.32. The third-order valence-electron chi connectivity index (χ3n) is 6.09. The molecular weight excluding hydrogens is 422 g/mol. The number of carbonyl (C=O) groups is 1. The number of fused-ring (bicyclic) bond motifs is 3. The predicted molar refractivity (Wildman–Crippen MR) is 116 cm³/mol. The summed E-state index contributed by atoms with van der Waals surface area (Å²) in [7, 11) is -1.57. The van der Waals surface area contributed by atoms with Crippen LogP contribution in [0.4, 0.5) is 0 Å². The van der Waals surface area contributed by atoms with Crippen molar-refractivity contribution in [2.75, 3.05) is 18.6 Å². The van der Waals surface area contributed by atoms with Gasteiger partial charge in [0, 0.05) is 17.7 Å². The van der Waals surface area contributed by atoms with Gasteiger partial charge in [0.05, 0.1) is 36.0 Å². The highest BCUT2D eigenvalue weighted by Crippen LogP contribution is 2.43. The Balaban J connectivity index is 1.71. The molecule has 1 atom stereocenters. The number of benzene rings is 1. The molecule has 1 fully saturated rings. The van der Waals surface area contributed by atoms with Crippen LogP contribution in [-0.4, -0.2) is 44.6 Å². The smallest absolute Gasteiger partial charge is 0.340 e. The van der Waals surface area contributed by atoms with Gasteiger partial charge in [0.25, 0.3) is 0 Å². The lowest BCUT2D eigenvalue weighted by molar-refractivity contribution is -0.121. The highest BCUT2D eigenvalue weighted by molar-refractivity contribution is 7.91. The largest absolute Gasteiger partial charge is 0.496 e. The quantitative estimate of drug-likeness (QED) is 0.711. The van der Waals surface area contributed by atoms with Gasteiger partial charge in [0.15, 0.2) is 9.84 Å². The van der Waals surface area contributed by atoms with Crippen LogP contribution >= 0.6 is 0 Å². The van der Waals surface area contributed by atoms with Crippen LogP contribution in [0.25, 0.3) is 11.0 Å². The van der Waals surface area contributed by atoms with Crippen molar-refractivity contribution in [1.29, 1.82) is 0 Å². The van der Waals surface area contributed by atoms with E-state index in [9.17, 15) is 18.0 Å². The molecule has 0 saturated carbocycles. The normalized spacial score (nSPS) is 21.4. The number of sulfone groups is 1. The average molecular weight is 450 g/mol. The summed E-state index contributed by atoms with van der Waals surface area (Å²) >= 11 is 0. The van der Waals surface area contributed by atoms with Gasteiger partial charge >= 0.3 is 5.63 Å². The van der Waals surface area contributed by atoms with Crippen molar-refractivity contribution < 1.29 is 27.1 Å². The molecule has 1 amide bonds. The molecule has 2 aliphatic heterocycles. The van der Waals surface area contributed by atoms with Gasteiger partial charge in [-0.05, 0) is 45.6 Å². The van der Waals surface area contributed by atoms with Crippen LogP contribution in [0, 0.1) is 6.92 Å². The molecule has 0 radical (unpaired) electrons. The molecule has 8 nitrogen and oxygen atoms in total. The summed E-state index contributed by atoms with van der Waals surface area (Å²) in [6, 6.07) is 1.38. The van der Waals surface area contributed by atoms with Gasteiger partial charge in [-0.25, -0.2) is 13.2 Å². The number of rotatable bonds is 4. The Morgan fingerprint density at radius 2 is 2.10 bits per heavy atom. The Bertz CT molecular complexity index is 1230. The molecule has 4 rings (SSSR count). The van der Waals surface area contributed by atoms with E-state index in [1.165, 1.54) is 7.11 Å². The molecule has 0 aliphatic carbocycles. The molecule has 168 valence electrons. The SMILES string of the molecule is COc1cc2c(c3oc(=O)c(CC(=O)NC4CCS(=O)(=O)C4)c(C)c13)CCC(C)(C)O2. The molecule has 1 aromatic carbocycles. The minimum Gasteiger partial charge on any atom is -0.496 e. The molecule has 31 heavy (non-hydrogen) atoms. The number of hydrogen-bond donors (Lipinski definition) is 1. The van der Waals surface area contributed by atoms with Crippen molar-refractivity contribution in [3.8, 4) is 11.5 Å². The Kier molecular flexibility index (Phi) is 5.28. The number of hydrogen-bond acceptors (Lipinski definition) is 7. The van der Waals surface area contributed by atoms with Crippen molar-refractivity contribution in [3.63, 3.8) is 0 Å². The van der Waals surface area contributed by atoms with E-state index in [1.54, 1.807) is 13.0 Å². The van der Waals surface area contributed by atoms with E-state index in [0.29, 0.717) is 40.9 Å². The lowest BCUT2D eigenvalue weighted by Gasteiger charge is -2.33. The summed E-state index contributed by atoms with van der Waals surface area (Å²) in [5.41, 5.74) is 1.19. The summed E-state index contributed by atoms with van der Waals surface area (Å²) in [5.74, 6) is 0.739. The van der Waals surface area contributed by atoms with Crippen molar-refractivity contribution in [3.05, 3.63) is 33.2 Å². The van der Waals surface area contributed by atoms with Crippen molar-refractivity contribution in [1.82, 2.24) is 5.32 Å². The van der Waals surface area contributed by atoms with Crippen molar-refractivity contribution >= 4 is 26.7 Å². The predicted octanol–water partition coefficient (Wildman–Crippen LogP) is 2.06. The fourth-order valence-corrected chi connectivity index (χ4v) is 6.07. The Morgan fingerprint density at radius 3 is 2.74 bits per heavy atom. The van der Waals surface area contributed by atoms with Crippen LogP contribution in [0.15, 0.2) is 15.3 Å². The molecule has 2 aromatic rings. The third kappa shape index (κ3) is 4.15. The van der Waals surface area contributed by atoms with Crippen LogP contribution in [0.1, 0.15) is 43.4 Å². The fraction of sp³-hybridized carbons (Fsp3) is 0.545. The summed E-state index contributed by atoms with van der Waals surface area (Å²) in [6.45, 7) is 5.78. The summed E-state index contributed by atoms with van der Waals surface area (Å²) in [5, 5.41) is 3.37. The zero-order valence-electron chi connectivity index (χ0n) is 18.2. The van der Waals surface area contributed by atoms with Crippen LogP contribution in [-0.2, 0) is 27.5 Å². The first-order valence-corrected chi connectivity index (χ1v) is 12.2. The van der Waals surface area contributed by atoms with E-state index >= 15 is 0 Å². The standard InChI is InChI=1S/C22H27NO7S/c1-12-15(9-18(24)23-13-6-8-31(26,27)11-13)21(25)29-20-14-5-7-22(2,3)30-16(14)10-17(28-4)19(12)20/h10,13H,5-9,11H2,1-4H3,(H,23,24). The maximum atomic E-state index is 12.8. The number of amides is 1. The van der Waals surface area contributed by atoms with Crippen LogP contribution < -0.4 is 20.4 Å². The van der Waals surface area contributed by atoms with Crippen LogP contribution in [0.3, 0.4) is 0 Å². The zero-order chi connectivity index (χ0) is 22.6. The minimum absolute atomic E-state index is 0.0657. The second kappa shape index (κ2) is 7.55. The molecule has 1 unspecified atom stereocenters. The van der Waals surface area contributed by atoms with Gasteiger partial charge < -0.3 is 19.2 Å². The molecule has 2 aliphatic rings. The Morgan fingerprint density at radius 1 is 1.35 bits per heavy atom. The second-order valence-electron chi connectivity index (χ2n) is 8.96. The lowest BCUT2D eigenvalue weighted by atomic mass is 9.91. The van der Waals surface area contributed by atoms with Gasteiger partial charge in [-0.15, -0.1) is 0 Å². The molecule has 0 spiro atoms. The van der Waals surface area contributed by atoms with Gasteiger partial charge in [-0.1, -0.05) is 0 Å². The van der Waals surface area contributed by atoms with Crippen molar-refractivity contribution in [2.45, 2.75) is 58.1 Å². The summed E-state index contributed by atoms with van der Waals surface area (Å²) < 4.78 is 40.6. The van der Waals surface area contributed by atoms with Crippen molar-refractivity contribution in [2.24, 2.45) is 0 Å². The molecule has 0 bridgehead atoms. The molecule has 9 heteroatoms. The monoisotopic (exact) mass is 449 g/mol. The summed E-state index contributed by atoms with van der Waals surface area (Å²) in [4.78, 5) is 25.4. The minimum atomic E-state index is -3.11. The van der Waals surface area contributed by atoms with Gasteiger partial charge in [-0.3, -0.25) is 4.79 Å². The molecule has 1 N–H and O–H groups in total. The maximum absolute atomic E-state index is 12.8. The van der Waals surface area contributed by atoms with E-state index in [4.69, 9.17) is 13.9 Å². The molecule has 3 heterocycles. The first-order valence-electron chi connectivity index (χ1n) is 10.3. The van der Waals surface area contributed by atoms with E-state index in [1.807, 2.05) is 13.8 Å². The fourth-order valence-electron chi connectivity index (χ4n) is 4.40. The Labute approximate surface area is 180 Å². The molecule has 1 aromatic heterocycles. The van der Waals surface area contributed by atoms with Crippen LogP contribution in [0.2, 0.25) is 0 Å². The second-order valence-corrected chi connectivity index (χ2v) is 11.2.